The van der Waals surface area contributed by atoms with Crippen LogP contribution in [0.3, 0.4) is 0 Å². The van der Waals surface area contributed by atoms with E-state index in [2.05, 4.69) is 25.8 Å². The lowest BCUT2D eigenvalue weighted by Crippen LogP contribution is -2.62. The fourth-order valence-electron chi connectivity index (χ4n) is 2.64. The molecule has 11 nitrogen and oxygen atoms in total. The molecule has 0 unspecified atom stereocenters. The van der Waals surface area contributed by atoms with Crippen LogP contribution in [-0.2, 0) is 9.53 Å². The largest absolute Gasteiger partial charge is 0.394 e. The predicted octanol–water partition coefficient (Wildman–Crippen LogP) is -2.22. The Kier molecular flexibility index (Phi) is 4.57. The van der Waals surface area contributed by atoms with Gasteiger partial charge in [-0.2, -0.15) is 5.10 Å². The maximum Gasteiger partial charge on any atom is 0.217 e. The summed E-state index contributed by atoms with van der Waals surface area (Å²) in [6.07, 6.45) is 0.108. The predicted molar refractivity (Wildman–Crippen MR) is 78.2 cm³/mol. The number of aliphatic hydroxyl groups is 3. The summed E-state index contributed by atoms with van der Waals surface area (Å²) in [5, 5.41) is 46.6. The van der Waals surface area contributed by atoms with E-state index in [1.54, 1.807) is 18.6 Å². The molecule has 11 heteroatoms. The van der Waals surface area contributed by atoms with Crippen molar-refractivity contribution in [1.82, 2.24) is 30.5 Å². The first-order chi connectivity index (χ1) is 11.5. The highest BCUT2D eigenvalue weighted by molar-refractivity contribution is 5.73. The van der Waals surface area contributed by atoms with E-state index in [1.807, 2.05) is 0 Å². The van der Waals surface area contributed by atoms with Crippen molar-refractivity contribution < 1.29 is 24.9 Å². The smallest absolute Gasteiger partial charge is 0.217 e. The zero-order chi connectivity index (χ0) is 17.3. The fraction of sp³-hybridized carbons (Fsp3) is 0.538. The summed E-state index contributed by atoms with van der Waals surface area (Å²) < 4.78 is 6.93. The van der Waals surface area contributed by atoms with Gasteiger partial charge >= 0.3 is 0 Å². The lowest BCUT2D eigenvalue weighted by Gasteiger charge is -2.42. The molecule has 1 aliphatic heterocycles. The van der Waals surface area contributed by atoms with E-state index < -0.39 is 43.1 Å². The molecule has 3 rings (SSSR count). The van der Waals surface area contributed by atoms with Gasteiger partial charge in [-0.3, -0.25) is 9.89 Å². The maximum absolute atomic E-state index is 11.4. The Morgan fingerprint density at radius 3 is 2.88 bits per heavy atom. The number of carbonyl (C=O) groups excluding carboxylic acids is 1. The van der Waals surface area contributed by atoms with Crippen LogP contribution in [-0.4, -0.2) is 77.4 Å². The van der Waals surface area contributed by atoms with Crippen LogP contribution in [0.4, 0.5) is 0 Å². The molecule has 0 saturated carbocycles. The minimum Gasteiger partial charge on any atom is -0.394 e. The van der Waals surface area contributed by atoms with E-state index in [0.717, 1.165) is 0 Å². The number of H-pyrrole nitrogens is 1. The molecule has 130 valence electrons. The third-order valence-electron chi connectivity index (χ3n) is 3.84. The van der Waals surface area contributed by atoms with Crippen molar-refractivity contribution in [2.24, 2.45) is 0 Å². The molecule has 1 aliphatic rings. The van der Waals surface area contributed by atoms with Crippen molar-refractivity contribution in [1.29, 1.82) is 0 Å². The second-order valence-corrected chi connectivity index (χ2v) is 5.53. The van der Waals surface area contributed by atoms with Crippen LogP contribution in [0.1, 0.15) is 13.2 Å². The zero-order valence-corrected chi connectivity index (χ0v) is 12.8. The number of carbonyl (C=O) groups is 1. The van der Waals surface area contributed by atoms with Crippen LogP contribution in [0.5, 0.6) is 0 Å². The number of aliphatic hydroxyl groups excluding tert-OH is 3. The Morgan fingerprint density at radius 2 is 2.25 bits per heavy atom. The molecule has 1 fully saturated rings. The summed E-state index contributed by atoms with van der Waals surface area (Å²) in [6.45, 7) is 0.789. The molecule has 0 radical (unpaired) electrons. The van der Waals surface area contributed by atoms with E-state index in [4.69, 9.17) is 4.74 Å². The quantitative estimate of drug-likeness (QED) is 0.419. The summed E-state index contributed by atoms with van der Waals surface area (Å²) >= 11 is 0. The van der Waals surface area contributed by atoms with Crippen molar-refractivity contribution in [2.45, 2.75) is 37.5 Å². The summed E-state index contributed by atoms with van der Waals surface area (Å²) in [4.78, 5) is 11.4. The number of amides is 1. The van der Waals surface area contributed by atoms with Gasteiger partial charge in [-0.25, -0.2) is 4.68 Å². The Morgan fingerprint density at radius 1 is 1.46 bits per heavy atom. The molecule has 2 aromatic rings. The first-order valence-corrected chi connectivity index (χ1v) is 7.31. The van der Waals surface area contributed by atoms with Gasteiger partial charge in [0, 0.05) is 18.7 Å². The fourth-order valence-corrected chi connectivity index (χ4v) is 2.64. The molecule has 0 bridgehead atoms. The van der Waals surface area contributed by atoms with Gasteiger partial charge in [0.15, 0.2) is 6.23 Å². The monoisotopic (exact) mass is 338 g/mol. The zero-order valence-electron chi connectivity index (χ0n) is 12.8. The van der Waals surface area contributed by atoms with E-state index in [0.29, 0.717) is 11.3 Å². The van der Waals surface area contributed by atoms with E-state index in [9.17, 15) is 20.1 Å². The molecule has 0 aliphatic carbocycles. The number of nitrogens with zero attached hydrogens (tertiary/aromatic N) is 4. The molecule has 0 aromatic carbocycles. The first kappa shape index (κ1) is 16.5. The van der Waals surface area contributed by atoms with Crippen LogP contribution < -0.4 is 5.32 Å². The van der Waals surface area contributed by atoms with E-state index >= 15 is 0 Å². The molecule has 2 aromatic heterocycles. The summed E-state index contributed by atoms with van der Waals surface area (Å²) in [5.74, 6) is -0.405. The molecule has 1 saturated heterocycles. The molecule has 5 atom stereocenters. The number of aromatic amines is 1. The average Bonchev–Trinajstić information content (AvgIpc) is 3.22. The summed E-state index contributed by atoms with van der Waals surface area (Å²) in [7, 11) is 0. The number of ether oxygens (including phenoxy) is 1. The number of hydrogen-bond acceptors (Lipinski definition) is 8. The summed E-state index contributed by atoms with van der Waals surface area (Å²) in [5.41, 5.74) is 1.21. The lowest BCUT2D eigenvalue weighted by molar-refractivity contribution is -0.219. The number of nitrogens with one attached hydrogen (secondary N) is 2. The van der Waals surface area contributed by atoms with Gasteiger partial charge in [-0.15, -0.1) is 5.10 Å². The van der Waals surface area contributed by atoms with Gasteiger partial charge in [0.25, 0.3) is 0 Å². The highest BCUT2D eigenvalue weighted by Crippen LogP contribution is 2.28. The Bertz CT molecular complexity index is 689. The molecule has 3 heterocycles. The Labute approximate surface area is 136 Å². The van der Waals surface area contributed by atoms with Gasteiger partial charge in [-0.05, 0) is 0 Å². The van der Waals surface area contributed by atoms with Crippen LogP contribution in [0.15, 0.2) is 18.6 Å². The molecule has 24 heavy (non-hydrogen) atoms. The average molecular weight is 338 g/mol. The number of rotatable bonds is 4. The normalized spacial score (nSPS) is 30.2. The second kappa shape index (κ2) is 6.65. The second-order valence-electron chi connectivity index (χ2n) is 5.53. The SMILES string of the molecule is CC(=O)N[C@@H]1[C@@H](O)[C@H](O)[C@@H](CO)O[C@H]1n1cc(-c2cn[nH]c2)nn1. The molecule has 1 amide bonds. The minimum absolute atomic E-state index is 0.405. The van der Waals surface area contributed by atoms with Crippen LogP contribution >= 0.6 is 0 Å². The van der Waals surface area contributed by atoms with Crippen molar-refractivity contribution in [2.75, 3.05) is 6.61 Å². The van der Waals surface area contributed by atoms with Crippen molar-refractivity contribution in [3.8, 4) is 11.3 Å². The highest BCUT2D eigenvalue weighted by Gasteiger charge is 2.46. The van der Waals surface area contributed by atoms with Gasteiger partial charge < -0.3 is 25.4 Å². The molecule has 0 spiro atoms. The Hall–Kier alpha value is -2.34. The van der Waals surface area contributed by atoms with Crippen LogP contribution in [0.25, 0.3) is 11.3 Å². The molecular weight excluding hydrogens is 320 g/mol. The topological polar surface area (TPSA) is 158 Å². The van der Waals surface area contributed by atoms with Gasteiger partial charge in [0.2, 0.25) is 5.91 Å². The standard InChI is InChI=1S/C13H18N6O5/c1-6(21)16-10-12(23)11(22)9(5-20)24-13(10)19-4-8(17-18-19)7-2-14-15-3-7/h2-4,9-13,20,22-23H,5H2,1H3,(H,14,15)(H,16,21)/t9-,10-,11-,12-,13-/m1/s1. The van der Waals surface area contributed by atoms with Gasteiger partial charge in [0.05, 0.1) is 19.0 Å². The highest BCUT2D eigenvalue weighted by atomic mass is 16.5. The van der Waals surface area contributed by atoms with E-state index in [-0.39, 0.29) is 0 Å². The third kappa shape index (κ3) is 3.01. The maximum atomic E-state index is 11.4. The third-order valence-corrected chi connectivity index (χ3v) is 3.84. The van der Waals surface area contributed by atoms with Crippen LogP contribution in [0, 0.1) is 0 Å². The number of hydrogen-bond donors (Lipinski definition) is 5. The van der Waals surface area contributed by atoms with Crippen molar-refractivity contribution in [3.63, 3.8) is 0 Å². The Balaban J connectivity index is 1.91. The number of aromatic nitrogens is 5. The lowest BCUT2D eigenvalue weighted by atomic mass is 9.96. The van der Waals surface area contributed by atoms with Crippen molar-refractivity contribution >= 4 is 5.91 Å². The molecule has 5 N–H and O–H groups in total. The van der Waals surface area contributed by atoms with Crippen LogP contribution in [0.2, 0.25) is 0 Å². The van der Waals surface area contributed by atoms with Gasteiger partial charge in [0.1, 0.15) is 30.0 Å². The van der Waals surface area contributed by atoms with E-state index in [1.165, 1.54) is 11.6 Å². The first-order valence-electron chi connectivity index (χ1n) is 7.31. The van der Waals surface area contributed by atoms with Gasteiger partial charge in [-0.1, -0.05) is 5.21 Å². The minimum atomic E-state index is -1.35. The summed E-state index contributed by atoms with van der Waals surface area (Å²) in [6, 6.07) is -0.959. The molecular formula is C13H18N6O5. The van der Waals surface area contributed by atoms with Crippen molar-refractivity contribution in [3.05, 3.63) is 18.6 Å².